The number of amides is 1. The molecule has 5 heteroatoms. The van der Waals surface area contributed by atoms with Crippen molar-refractivity contribution in [1.82, 2.24) is 10.2 Å². The van der Waals surface area contributed by atoms with Crippen molar-refractivity contribution in [3.63, 3.8) is 0 Å². The molecule has 1 aliphatic carbocycles. The van der Waals surface area contributed by atoms with Crippen LogP contribution < -0.4 is 5.32 Å². The quantitative estimate of drug-likeness (QED) is 0.738. The molecule has 0 bridgehead atoms. The van der Waals surface area contributed by atoms with Gasteiger partial charge >= 0.3 is 0 Å². The molecule has 3 aromatic rings. The third kappa shape index (κ3) is 3.27. The Hall–Kier alpha value is -2.53. The van der Waals surface area contributed by atoms with Gasteiger partial charge in [-0.15, -0.1) is 0 Å². The van der Waals surface area contributed by atoms with Gasteiger partial charge in [0.25, 0.3) is 0 Å². The molecule has 0 spiro atoms. The predicted octanol–water partition coefficient (Wildman–Crippen LogP) is 3.48. The summed E-state index contributed by atoms with van der Waals surface area (Å²) in [5, 5.41) is 4.09. The Labute approximate surface area is 153 Å². The average Bonchev–Trinajstić information content (AvgIpc) is 3.34. The molecule has 1 aromatic carbocycles. The van der Waals surface area contributed by atoms with Gasteiger partial charge in [0, 0.05) is 17.5 Å². The zero-order chi connectivity index (χ0) is 18.1. The van der Waals surface area contributed by atoms with Crippen molar-refractivity contribution in [2.75, 3.05) is 20.6 Å². The zero-order valence-corrected chi connectivity index (χ0v) is 15.2. The molecule has 0 fully saturated rings. The molecular formula is C21H24N2O3. The van der Waals surface area contributed by atoms with Gasteiger partial charge in [0.05, 0.1) is 25.0 Å². The summed E-state index contributed by atoms with van der Waals surface area (Å²) in [6.07, 6.45) is 7.15. The van der Waals surface area contributed by atoms with Crippen molar-refractivity contribution < 1.29 is 13.6 Å². The zero-order valence-electron chi connectivity index (χ0n) is 15.2. The van der Waals surface area contributed by atoms with Gasteiger partial charge in [0.2, 0.25) is 5.91 Å². The number of fused-ring (bicyclic) bond motifs is 2. The summed E-state index contributed by atoms with van der Waals surface area (Å²) in [5.41, 5.74) is 4.61. The summed E-state index contributed by atoms with van der Waals surface area (Å²) in [6, 6.07) is 8.15. The third-order valence-electron chi connectivity index (χ3n) is 5.21. The highest BCUT2D eigenvalue weighted by Gasteiger charge is 2.19. The van der Waals surface area contributed by atoms with E-state index in [1.54, 1.807) is 12.5 Å². The van der Waals surface area contributed by atoms with Crippen LogP contribution in [0.3, 0.4) is 0 Å². The van der Waals surface area contributed by atoms with Crippen molar-refractivity contribution in [3.8, 4) is 0 Å². The minimum absolute atomic E-state index is 0.00777. The number of likely N-dealkylation sites (N-methyl/N-ethyl adjacent to an activating group) is 1. The number of benzene rings is 1. The number of hydrogen-bond donors (Lipinski definition) is 1. The Morgan fingerprint density at radius 2 is 2.04 bits per heavy atom. The summed E-state index contributed by atoms with van der Waals surface area (Å²) in [5.74, 6) is 0.839. The minimum atomic E-state index is -0.00777. The molecule has 0 radical (unpaired) electrons. The van der Waals surface area contributed by atoms with E-state index in [9.17, 15) is 4.79 Å². The van der Waals surface area contributed by atoms with Crippen molar-refractivity contribution in [3.05, 3.63) is 59.2 Å². The van der Waals surface area contributed by atoms with Gasteiger partial charge in [-0.05, 0) is 68.8 Å². The molecule has 0 saturated carbocycles. The smallest absolute Gasteiger partial charge is 0.224 e. The van der Waals surface area contributed by atoms with Crippen molar-refractivity contribution >= 4 is 16.9 Å². The van der Waals surface area contributed by atoms with Gasteiger partial charge in [-0.25, -0.2) is 0 Å². The lowest BCUT2D eigenvalue weighted by Crippen LogP contribution is -2.35. The fourth-order valence-corrected chi connectivity index (χ4v) is 3.75. The highest BCUT2D eigenvalue weighted by Crippen LogP contribution is 2.30. The van der Waals surface area contributed by atoms with E-state index < -0.39 is 0 Å². The Bertz CT molecular complexity index is 909. The Morgan fingerprint density at radius 3 is 2.77 bits per heavy atom. The van der Waals surface area contributed by atoms with E-state index in [0.717, 1.165) is 35.1 Å². The number of aryl methyl sites for hydroxylation is 2. The van der Waals surface area contributed by atoms with Crippen LogP contribution >= 0.6 is 0 Å². The lowest BCUT2D eigenvalue weighted by atomic mass is 10.0. The topological polar surface area (TPSA) is 58.6 Å². The maximum absolute atomic E-state index is 12.5. The largest absolute Gasteiger partial charge is 0.468 e. The molecule has 1 unspecified atom stereocenters. The van der Waals surface area contributed by atoms with Crippen LogP contribution in [0.1, 0.15) is 34.9 Å². The first-order valence-electron chi connectivity index (χ1n) is 9.10. The Kier molecular flexibility index (Phi) is 4.55. The molecular weight excluding hydrogens is 328 g/mol. The van der Waals surface area contributed by atoms with Gasteiger partial charge in [-0.2, -0.15) is 0 Å². The molecule has 0 aliphatic heterocycles. The van der Waals surface area contributed by atoms with Crippen LogP contribution in [-0.2, 0) is 24.1 Å². The first-order valence-corrected chi connectivity index (χ1v) is 9.10. The summed E-state index contributed by atoms with van der Waals surface area (Å²) < 4.78 is 11.2. The van der Waals surface area contributed by atoms with Crippen LogP contribution in [0.15, 0.2) is 45.6 Å². The van der Waals surface area contributed by atoms with Crippen LogP contribution in [0, 0.1) is 0 Å². The SMILES string of the molecule is CN(C)C(CNC(=O)Cc1coc2cc3c(cc12)CCC3)c1ccco1. The maximum atomic E-state index is 12.5. The van der Waals surface area contributed by atoms with E-state index in [2.05, 4.69) is 17.4 Å². The third-order valence-corrected chi connectivity index (χ3v) is 5.21. The number of nitrogens with one attached hydrogen (secondary N) is 1. The van der Waals surface area contributed by atoms with Gasteiger partial charge < -0.3 is 14.2 Å². The standard InChI is InChI=1S/C21H24N2O3/c1-23(2)18(19-7-4-8-25-19)12-22-21(24)11-16-13-26-20-10-15-6-3-5-14(15)9-17(16)20/h4,7-10,13,18H,3,5-6,11-12H2,1-2H3,(H,22,24). The number of hydrogen-bond acceptors (Lipinski definition) is 4. The molecule has 26 heavy (non-hydrogen) atoms. The second kappa shape index (κ2) is 7.00. The van der Waals surface area contributed by atoms with Crippen molar-refractivity contribution in [2.24, 2.45) is 0 Å². The summed E-state index contributed by atoms with van der Waals surface area (Å²) >= 11 is 0. The van der Waals surface area contributed by atoms with E-state index in [1.807, 2.05) is 31.1 Å². The molecule has 1 amide bonds. The van der Waals surface area contributed by atoms with Crippen LogP contribution in [0.5, 0.6) is 0 Å². The van der Waals surface area contributed by atoms with Crippen LogP contribution in [0.2, 0.25) is 0 Å². The normalized spacial score (nSPS) is 14.7. The highest BCUT2D eigenvalue weighted by molar-refractivity contribution is 5.88. The first-order chi connectivity index (χ1) is 12.6. The molecule has 4 rings (SSSR count). The van der Waals surface area contributed by atoms with Crippen LogP contribution in [0.25, 0.3) is 11.0 Å². The molecule has 136 valence electrons. The maximum Gasteiger partial charge on any atom is 0.224 e. The van der Waals surface area contributed by atoms with Gasteiger partial charge in [0.1, 0.15) is 11.3 Å². The summed E-state index contributed by atoms with van der Waals surface area (Å²) in [6.45, 7) is 0.504. The van der Waals surface area contributed by atoms with Crippen LogP contribution in [-0.4, -0.2) is 31.4 Å². The molecule has 5 nitrogen and oxygen atoms in total. The monoisotopic (exact) mass is 352 g/mol. The molecule has 1 N–H and O–H groups in total. The van der Waals surface area contributed by atoms with E-state index >= 15 is 0 Å². The molecule has 2 aromatic heterocycles. The number of nitrogens with zero attached hydrogens (tertiary/aromatic N) is 1. The Morgan fingerprint density at radius 1 is 1.23 bits per heavy atom. The van der Waals surface area contributed by atoms with E-state index in [4.69, 9.17) is 8.83 Å². The number of rotatable bonds is 6. The second-order valence-electron chi connectivity index (χ2n) is 7.21. The van der Waals surface area contributed by atoms with Crippen molar-refractivity contribution in [2.45, 2.75) is 31.7 Å². The molecule has 2 heterocycles. The van der Waals surface area contributed by atoms with Crippen molar-refractivity contribution in [1.29, 1.82) is 0 Å². The first kappa shape index (κ1) is 16.9. The van der Waals surface area contributed by atoms with Gasteiger partial charge in [-0.1, -0.05) is 0 Å². The van der Waals surface area contributed by atoms with Gasteiger partial charge in [-0.3, -0.25) is 9.69 Å². The highest BCUT2D eigenvalue weighted by atomic mass is 16.3. The van der Waals surface area contributed by atoms with E-state index in [0.29, 0.717) is 13.0 Å². The number of furan rings is 2. The molecule has 1 aliphatic rings. The predicted molar refractivity (Wildman–Crippen MR) is 100 cm³/mol. The van der Waals surface area contributed by atoms with Crippen LogP contribution in [0.4, 0.5) is 0 Å². The van der Waals surface area contributed by atoms with E-state index in [-0.39, 0.29) is 11.9 Å². The van der Waals surface area contributed by atoms with Gasteiger partial charge in [0.15, 0.2) is 0 Å². The Balaban J connectivity index is 1.44. The minimum Gasteiger partial charge on any atom is -0.468 e. The number of carbonyl (C=O) groups is 1. The summed E-state index contributed by atoms with van der Waals surface area (Å²) in [7, 11) is 3.95. The number of carbonyl (C=O) groups excluding carboxylic acids is 1. The molecule has 1 atom stereocenters. The fraction of sp³-hybridized carbons (Fsp3) is 0.381. The second-order valence-corrected chi connectivity index (χ2v) is 7.21. The van der Waals surface area contributed by atoms with E-state index in [1.165, 1.54) is 17.5 Å². The fourth-order valence-electron chi connectivity index (χ4n) is 3.75. The lowest BCUT2D eigenvalue weighted by molar-refractivity contribution is -0.120. The molecule has 0 saturated heterocycles. The summed E-state index contributed by atoms with van der Waals surface area (Å²) in [4.78, 5) is 14.5. The average molecular weight is 352 g/mol. The lowest BCUT2D eigenvalue weighted by Gasteiger charge is -2.22.